The molecule has 25 heavy (non-hydrogen) atoms. The van der Waals surface area contributed by atoms with Crippen molar-refractivity contribution in [1.29, 1.82) is 0 Å². The molecule has 1 aromatic rings. The summed E-state index contributed by atoms with van der Waals surface area (Å²) in [6.07, 6.45) is -3.90. The molecule has 0 spiro atoms. The van der Waals surface area contributed by atoms with E-state index in [9.17, 15) is 18.0 Å². The smallest absolute Gasteiger partial charge is 0.355 e. The van der Waals surface area contributed by atoms with E-state index in [-0.39, 0.29) is 24.2 Å². The molecule has 0 radical (unpaired) electrons. The summed E-state index contributed by atoms with van der Waals surface area (Å²) < 4.78 is 37.6. The molecule has 1 unspecified atom stereocenters. The topological polar surface area (TPSA) is 44.4 Å². The molecule has 0 saturated carbocycles. The van der Waals surface area contributed by atoms with E-state index in [1.165, 1.54) is 12.1 Å². The van der Waals surface area contributed by atoms with Crippen LogP contribution < -0.4 is 10.6 Å². The lowest BCUT2D eigenvalue weighted by atomic mass is 9.99. The fourth-order valence-corrected chi connectivity index (χ4v) is 2.72. The van der Waals surface area contributed by atoms with Gasteiger partial charge in [0.1, 0.15) is 0 Å². The molecule has 142 valence electrons. The van der Waals surface area contributed by atoms with Crippen molar-refractivity contribution in [3.63, 3.8) is 0 Å². The Morgan fingerprint density at radius 1 is 1.24 bits per heavy atom. The van der Waals surface area contributed by atoms with Gasteiger partial charge in [0.05, 0.1) is 5.56 Å². The van der Waals surface area contributed by atoms with Crippen LogP contribution in [0.3, 0.4) is 0 Å². The van der Waals surface area contributed by atoms with Crippen molar-refractivity contribution in [3.05, 3.63) is 35.4 Å². The van der Waals surface area contributed by atoms with Crippen LogP contribution in [-0.2, 0) is 17.4 Å². The van der Waals surface area contributed by atoms with Gasteiger partial charge in [-0.1, -0.05) is 19.1 Å². The third kappa shape index (κ3) is 7.22. The number of piperazine rings is 1. The molecular weight excluding hydrogens is 355 g/mol. The van der Waals surface area contributed by atoms with Crippen LogP contribution in [0.15, 0.2) is 24.3 Å². The van der Waals surface area contributed by atoms with Gasteiger partial charge in [-0.15, -0.1) is 12.4 Å². The van der Waals surface area contributed by atoms with Gasteiger partial charge in [0.2, 0.25) is 5.91 Å². The van der Waals surface area contributed by atoms with Gasteiger partial charge in [-0.2, -0.15) is 13.2 Å². The van der Waals surface area contributed by atoms with E-state index in [0.717, 1.165) is 50.4 Å². The summed E-state index contributed by atoms with van der Waals surface area (Å²) in [6.45, 7) is 7.11. The van der Waals surface area contributed by atoms with E-state index in [2.05, 4.69) is 15.5 Å². The molecular formula is C17H25ClF3N3O. The molecule has 8 heteroatoms. The highest BCUT2D eigenvalue weighted by Crippen LogP contribution is 2.29. The van der Waals surface area contributed by atoms with Crippen molar-refractivity contribution >= 4 is 18.3 Å². The van der Waals surface area contributed by atoms with Crippen molar-refractivity contribution < 1.29 is 18.0 Å². The van der Waals surface area contributed by atoms with Crippen LogP contribution >= 0.6 is 12.4 Å². The number of alkyl halides is 3. The summed E-state index contributed by atoms with van der Waals surface area (Å²) >= 11 is 0. The minimum Gasteiger partial charge on any atom is -0.355 e. The lowest BCUT2D eigenvalue weighted by Gasteiger charge is -2.27. The zero-order valence-corrected chi connectivity index (χ0v) is 15.1. The normalized spacial score (nSPS) is 16.8. The van der Waals surface area contributed by atoms with Crippen molar-refractivity contribution in [2.24, 2.45) is 5.92 Å². The Labute approximate surface area is 152 Å². The van der Waals surface area contributed by atoms with Gasteiger partial charge in [-0.25, -0.2) is 0 Å². The summed E-state index contributed by atoms with van der Waals surface area (Å²) in [5.41, 5.74) is 0.0622. The molecule has 2 N–H and O–H groups in total. The van der Waals surface area contributed by atoms with E-state index in [1.54, 1.807) is 6.92 Å². The van der Waals surface area contributed by atoms with Gasteiger partial charge in [0.25, 0.3) is 0 Å². The third-order valence-electron chi connectivity index (χ3n) is 4.21. The first-order chi connectivity index (χ1) is 11.4. The maximum absolute atomic E-state index is 12.5. The predicted molar refractivity (Wildman–Crippen MR) is 93.9 cm³/mol. The van der Waals surface area contributed by atoms with Crippen LogP contribution in [0.1, 0.15) is 18.1 Å². The van der Waals surface area contributed by atoms with Crippen LogP contribution in [0.5, 0.6) is 0 Å². The Balaban J connectivity index is 0.00000312. The lowest BCUT2D eigenvalue weighted by Crippen LogP contribution is -2.46. The summed E-state index contributed by atoms with van der Waals surface area (Å²) in [7, 11) is 0. The number of hydrogen-bond donors (Lipinski definition) is 2. The van der Waals surface area contributed by atoms with E-state index >= 15 is 0 Å². The SMILES string of the molecule is CC(Cc1ccc(C(F)(F)F)cc1)C(=O)NCCN1CCNCC1.Cl. The second kappa shape index (κ2) is 9.99. The average Bonchev–Trinajstić information content (AvgIpc) is 2.55. The second-order valence-electron chi connectivity index (χ2n) is 6.18. The number of hydrogen-bond acceptors (Lipinski definition) is 3. The standard InChI is InChI=1S/C17H24F3N3O.ClH/c1-13(12-14-2-4-15(5-3-14)17(18,19)20)16(24)22-8-11-23-9-6-21-7-10-23;/h2-5,13,21H,6-12H2,1H3,(H,22,24);1H. The number of benzene rings is 1. The number of halogens is 4. The minimum absolute atomic E-state index is 0. The number of amides is 1. The van der Waals surface area contributed by atoms with E-state index in [4.69, 9.17) is 0 Å². The van der Waals surface area contributed by atoms with Crippen molar-refractivity contribution in [2.45, 2.75) is 19.5 Å². The molecule has 4 nitrogen and oxygen atoms in total. The lowest BCUT2D eigenvalue weighted by molar-refractivity contribution is -0.137. The summed E-state index contributed by atoms with van der Waals surface area (Å²) in [4.78, 5) is 14.4. The Hall–Kier alpha value is -1.31. The molecule has 1 heterocycles. The average molecular weight is 380 g/mol. The zero-order chi connectivity index (χ0) is 17.6. The first-order valence-electron chi connectivity index (χ1n) is 8.23. The Kier molecular flexibility index (Phi) is 8.68. The third-order valence-corrected chi connectivity index (χ3v) is 4.21. The molecule has 0 aliphatic carbocycles. The molecule has 2 rings (SSSR count). The highest BCUT2D eigenvalue weighted by molar-refractivity contribution is 5.85. The summed E-state index contributed by atoms with van der Waals surface area (Å²) in [5.74, 6) is -0.338. The minimum atomic E-state index is -4.33. The number of rotatable bonds is 6. The molecule has 0 bridgehead atoms. The van der Waals surface area contributed by atoms with Gasteiger partial charge in [0.15, 0.2) is 0 Å². The maximum Gasteiger partial charge on any atom is 0.416 e. The number of nitrogens with one attached hydrogen (secondary N) is 2. The highest BCUT2D eigenvalue weighted by atomic mass is 35.5. The first kappa shape index (κ1) is 21.7. The molecule has 0 aromatic heterocycles. The fourth-order valence-electron chi connectivity index (χ4n) is 2.72. The summed E-state index contributed by atoms with van der Waals surface area (Å²) in [6, 6.07) is 5.00. The second-order valence-corrected chi connectivity index (χ2v) is 6.18. The molecule has 1 saturated heterocycles. The van der Waals surface area contributed by atoms with Gasteiger partial charge in [-0.05, 0) is 24.1 Å². The number of carbonyl (C=O) groups excluding carboxylic acids is 1. The number of nitrogens with zero attached hydrogens (tertiary/aromatic N) is 1. The Morgan fingerprint density at radius 2 is 1.84 bits per heavy atom. The Morgan fingerprint density at radius 3 is 2.40 bits per heavy atom. The Bertz CT molecular complexity index is 531. The highest BCUT2D eigenvalue weighted by Gasteiger charge is 2.30. The van der Waals surface area contributed by atoms with Crippen LogP contribution in [0.2, 0.25) is 0 Å². The van der Waals surface area contributed by atoms with Crippen molar-refractivity contribution in [3.8, 4) is 0 Å². The maximum atomic E-state index is 12.5. The zero-order valence-electron chi connectivity index (χ0n) is 14.2. The van der Waals surface area contributed by atoms with E-state index < -0.39 is 11.7 Å². The van der Waals surface area contributed by atoms with Crippen LogP contribution in [0.4, 0.5) is 13.2 Å². The van der Waals surface area contributed by atoms with Crippen LogP contribution in [0, 0.1) is 5.92 Å². The van der Waals surface area contributed by atoms with Gasteiger partial charge in [0, 0.05) is 45.2 Å². The number of carbonyl (C=O) groups is 1. The molecule has 1 aromatic carbocycles. The molecule has 1 fully saturated rings. The molecule has 1 amide bonds. The molecule has 1 atom stereocenters. The first-order valence-corrected chi connectivity index (χ1v) is 8.23. The molecule has 1 aliphatic heterocycles. The van der Waals surface area contributed by atoms with Gasteiger partial charge in [-0.3, -0.25) is 9.69 Å². The largest absolute Gasteiger partial charge is 0.416 e. The van der Waals surface area contributed by atoms with Gasteiger partial charge >= 0.3 is 6.18 Å². The van der Waals surface area contributed by atoms with Crippen molar-refractivity contribution in [2.75, 3.05) is 39.3 Å². The predicted octanol–water partition coefficient (Wildman–Crippen LogP) is 2.33. The van der Waals surface area contributed by atoms with Crippen molar-refractivity contribution in [1.82, 2.24) is 15.5 Å². The van der Waals surface area contributed by atoms with E-state index in [0.29, 0.717) is 13.0 Å². The quantitative estimate of drug-likeness (QED) is 0.797. The van der Waals surface area contributed by atoms with E-state index in [1.807, 2.05) is 0 Å². The van der Waals surface area contributed by atoms with Gasteiger partial charge < -0.3 is 10.6 Å². The molecule has 1 aliphatic rings. The van der Waals surface area contributed by atoms with Crippen LogP contribution in [0.25, 0.3) is 0 Å². The fraction of sp³-hybridized carbons (Fsp3) is 0.588. The monoisotopic (exact) mass is 379 g/mol. The van der Waals surface area contributed by atoms with Crippen LogP contribution in [-0.4, -0.2) is 50.1 Å². The summed E-state index contributed by atoms with van der Waals surface area (Å²) in [5, 5.41) is 6.18.